The van der Waals surface area contributed by atoms with E-state index in [1.165, 1.54) is 0 Å². The van der Waals surface area contributed by atoms with E-state index in [4.69, 9.17) is 4.74 Å². The van der Waals surface area contributed by atoms with Crippen LogP contribution in [0.3, 0.4) is 0 Å². The molecule has 0 aliphatic carbocycles. The third kappa shape index (κ3) is 3.34. The number of H-pyrrole nitrogens is 2. The largest absolute Gasteiger partial charge is 0.493 e. The number of fused-ring (bicyclic) bond motifs is 1. The number of rotatable bonds is 6. The van der Waals surface area contributed by atoms with Crippen molar-refractivity contribution in [1.82, 2.24) is 25.1 Å². The minimum Gasteiger partial charge on any atom is -0.493 e. The number of aromatic amines is 2. The van der Waals surface area contributed by atoms with E-state index in [-0.39, 0.29) is 5.91 Å². The van der Waals surface area contributed by atoms with Crippen LogP contribution in [0.25, 0.3) is 22.3 Å². The van der Waals surface area contributed by atoms with Gasteiger partial charge in [-0.05, 0) is 42.8 Å². The van der Waals surface area contributed by atoms with Crippen molar-refractivity contribution in [1.29, 1.82) is 0 Å². The maximum absolute atomic E-state index is 13.0. The van der Waals surface area contributed by atoms with Crippen molar-refractivity contribution < 1.29 is 9.53 Å². The molecule has 7 heteroatoms. The Morgan fingerprint density at radius 3 is 2.89 bits per heavy atom. The normalized spacial score (nSPS) is 10.9. The predicted octanol–water partition coefficient (Wildman–Crippen LogP) is 3.62. The number of carbonyl (C=O) groups is 1. The molecular weight excluding hydrogens is 354 g/mol. The predicted molar refractivity (Wildman–Crippen MR) is 107 cm³/mol. The second kappa shape index (κ2) is 7.56. The highest BCUT2D eigenvalue weighted by atomic mass is 16.5. The van der Waals surface area contributed by atoms with Crippen LogP contribution in [0.4, 0.5) is 0 Å². The van der Waals surface area contributed by atoms with Gasteiger partial charge in [-0.1, -0.05) is 12.1 Å². The lowest BCUT2D eigenvalue weighted by atomic mass is 10.1. The number of nitrogens with zero attached hydrogens (tertiary/aromatic N) is 3. The number of ether oxygens (including phenoxy) is 1. The molecule has 2 heterocycles. The molecule has 0 fully saturated rings. The summed E-state index contributed by atoms with van der Waals surface area (Å²) >= 11 is 0. The number of imidazole rings is 1. The summed E-state index contributed by atoms with van der Waals surface area (Å²) in [5.74, 6) is 0.574. The number of hydrogen-bond acceptors (Lipinski definition) is 4. The van der Waals surface area contributed by atoms with Gasteiger partial charge in [0, 0.05) is 30.9 Å². The van der Waals surface area contributed by atoms with E-state index in [2.05, 4.69) is 20.2 Å². The van der Waals surface area contributed by atoms with Gasteiger partial charge in [-0.15, -0.1) is 0 Å². The Hall–Kier alpha value is -3.61. The number of hydrogen-bond donors (Lipinski definition) is 2. The van der Waals surface area contributed by atoms with Crippen molar-refractivity contribution in [2.75, 3.05) is 13.7 Å². The average molecular weight is 375 g/mol. The van der Waals surface area contributed by atoms with E-state index in [0.29, 0.717) is 24.5 Å². The summed E-state index contributed by atoms with van der Waals surface area (Å²) in [4.78, 5) is 22.1. The molecule has 0 atom stereocenters. The first-order chi connectivity index (χ1) is 13.7. The maximum atomic E-state index is 13.0. The zero-order chi connectivity index (χ0) is 19.5. The lowest BCUT2D eigenvalue weighted by molar-refractivity contribution is 0.0785. The first-order valence-corrected chi connectivity index (χ1v) is 9.10. The molecule has 1 amide bonds. The van der Waals surface area contributed by atoms with E-state index in [1.807, 2.05) is 43.3 Å². The summed E-state index contributed by atoms with van der Waals surface area (Å²) < 4.78 is 5.76. The Morgan fingerprint density at radius 2 is 2.11 bits per heavy atom. The quantitative estimate of drug-likeness (QED) is 0.539. The molecule has 0 saturated carbocycles. The molecule has 2 aromatic carbocycles. The van der Waals surface area contributed by atoms with Crippen molar-refractivity contribution in [2.45, 2.75) is 13.5 Å². The van der Waals surface area contributed by atoms with Gasteiger partial charge in [0.25, 0.3) is 5.91 Å². The van der Waals surface area contributed by atoms with Crippen LogP contribution in [0.2, 0.25) is 0 Å². The zero-order valence-electron chi connectivity index (χ0n) is 15.8. The van der Waals surface area contributed by atoms with Gasteiger partial charge in [0.2, 0.25) is 0 Å². The molecule has 0 saturated heterocycles. The fourth-order valence-electron chi connectivity index (χ4n) is 3.26. The lowest BCUT2D eigenvalue weighted by Gasteiger charge is -2.19. The molecule has 28 heavy (non-hydrogen) atoms. The molecule has 7 nitrogen and oxygen atoms in total. The van der Waals surface area contributed by atoms with Gasteiger partial charge in [-0.25, -0.2) is 4.98 Å². The first-order valence-electron chi connectivity index (χ1n) is 9.10. The summed E-state index contributed by atoms with van der Waals surface area (Å²) in [7, 11) is 1.79. The van der Waals surface area contributed by atoms with Crippen LogP contribution in [0.5, 0.6) is 5.75 Å². The molecule has 0 unspecified atom stereocenters. The first kappa shape index (κ1) is 17.8. The van der Waals surface area contributed by atoms with Crippen molar-refractivity contribution in [3.05, 3.63) is 66.1 Å². The molecule has 0 aliphatic rings. The zero-order valence-corrected chi connectivity index (χ0v) is 15.8. The molecule has 0 radical (unpaired) electrons. The minimum atomic E-state index is -0.0790. The number of carbonyl (C=O) groups excluding carboxylic acids is 1. The summed E-state index contributed by atoms with van der Waals surface area (Å²) in [5, 5.41) is 6.92. The molecule has 0 spiro atoms. The molecule has 4 aromatic rings. The number of amides is 1. The second-order valence-electron chi connectivity index (χ2n) is 6.49. The van der Waals surface area contributed by atoms with Crippen LogP contribution in [0.15, 0.2) is 55.0 Å². The van der Waals surface area contributed by atoms with Crippen LogP contribution in [0, 0.1) is 0 Å². The molecular formula is C21H21N5O2. The van der Waals surface area contributed by atoms with Crippen LogP contribution >= 0.6 is 0 Å². The van der Waals surface area contributed by atoms with Gasteiger partial charge in [-0.2, -0.15) is 5.10 Å². The number of nitrogens with one attached hydrogen (secondary N) is 2. The van der Waals surface area contributed by atoms with Crippen LogP contribution in [-0.2, 0) is 6.54 Å². The fraction of sp³-hybridized carbons (Fsp3) is 0.190. The Morgan fingerprint density at radius 1 is 1.21 bits per heavy atom. The van der Waals surface area contributed by atoms with Crippen molar-refractivity contribution >= 4 is 16.9 Å². The highest BCUT2D eigenvalue weighted by molar-refractivity contribution is 5.95. The molecule has 0 bridgehead atoms. The van der Waals surface area contributed by atoms with Crippen molar-refractivity contribution in [2.24, 2.45) is 0 Å². The summed E-state index contributed by atoms with van der Waals surface area (Å²) in [6, 6.07) is 13.3. The minimum absolute atomic E-state index is 0.0790. The van der Waals surface area contributed by atoms with E-state index in [9.17, 15) is 4.79 Å². The smallest absolute Gasteiger partial charge is 0.254 e. The Labute approximate surface area is 162 Å². The summed E-state index contributed by atoms with van der Waals surface area (Å²) in [6.45, 7) is 2.89. The third-order valence-electron chi connectivity index (χ3n) is 4.61. The van der Waals surface area contributed by atoms with E-state index >= 15 is 0 Å². The molecule has 4 rings (SSSR count). The van der Waals surface area contributed by atoms with Gasteiger partial charge >= 0.3 is 0 Å². The topological polar surface area (TPSA) is 86.9 Å². The van der Waals surface area contributed by atoms with Crippen molar-refractivity contribution in [3.8, 4) is 17.0 Å². The second-order valence-corrected chi connectivity index (χ2v) is 6.49. The fourth-order valence-corrected chi connectivity index (χ4v) is 3.26. The highest BCUT2D eigenvalue weighted by Crippen LogP contribution is 2.30. The van der Waals surface area contributed by atoms with Gasteiger partial charge in [0.1, 0.15) is 5.75 Å². The Bertz CT molecular complexity index is 1100. The average Bonchev–Trinajstić information content (AvgIpc) is 3.40. The molecule has 142 valence electrons. The standard InChI is InChI=1S/C21H21N5O2/c1-3-28-19-11-14(7-8-16(19)17-9-10-24-25-17)21(27)26(2)12-15-5-4-6-18-20(15)23-13-22-18/h4-11,13H,3,12H2,1-2H3,(H,22,23)(H,24,25). The Balaban J connectivity index is 1.60. The van der Waals surface area contributed by atoms with Crippen LogP contribution in [0.1, 0.15) is 22.8 Å². The highest BCUT2D eigenvalue weighted by Gasteiger charge is 2.17. The van der Waals surface area contributed by atoms with Gasteiger partial charge in [0.05, 0.1) is 29.7 Å². The van der Waals surface area contributed by atoms with Crippen LogP contribution < -0.4 is 4.74 Å². The van der Waals surface area contributed by atoms with Gasteiger partial charge < -0.3 is 14.6 Å². The third-order valence-corrected chi connectivity index (χ3v) is 4.61. The number of aromatic nitrogens is 4. The van der Waals surface area contributed by atoms with Gasteiger partial charge in [0.15, 0.2) is 0 Å². The molecule has 2 aromatic heterocycles. The maximum Gasteiger partial charge on any atom is 0.254 e. The molecule has 0 aliphatic heterocycles. The van der Waals surface area contributed by atoms with E-state index < -0.39 is 0 Å². The molecule has 2 N–H and O–H groups in total. The van der Waals surface area contributed by atoms with E-state index in [1.54, 1.807) is 30.5 Å². The van der Waals surface area contributed by atoms with Gasteiger partial charge in [-0.3, -0.25) is 9.89 Å². The number of benzene rings is 2. The SMILES string of the molecule is CCOc1cc(C(=O)N(C)Cc2cccc3[nH]cnc23)ccc1-c1ccn[nH]1. The van der Waals surface area contributed by atoms with E-state index in [0.717, 1.165) is 27.9 Å². The summed E-state index contributed by atoms with van der Waals surface area (Å²) in [6.07, 6.45) is 3.35. The van der Waals surface area contributed by atoms with Crippen molar-refractivity contribution in [3.63, 3.8) is 0 Å². The van der Waals surface area contributed by atoms with Crippen LogP contribution in [-0.4, -0.2) is 44.6 Å². The lowest BCUT2D eigenvalue weighted by Crippen LogP contribution is -2.26. The Kier molecular flexibility index (Phi) is 4.80. The monoisotopic (exact) mass is 375 g/mol. The summed E-state index contributed by atoms with van der Waals surface area (Å²) in [5.41, 5.74) is 5.13. The number of para-hydroxylation sites is 1.